The normalized spacial score (nSPS) is 38.4. The molecule has 1 spiro atoms. The van der Waals surface area contributed by atoms with Gasteiger partial charge >= 0.3 is 0 Å². The molecule has 1 saturated carbocycles. The number of anilines is 1. The number of nitrogens with two attached hydrogens (primary N) is 1. The Balaban J connectivity index is 1.75. The van der Waals surface area contributed by atoms with Gasteiger partial charge in [0.25, 0.3) is 0 Å². The molecule has 5 atom stereocenters. The minimum absolute atomic E-state index is 0.0870. The first-order chi connectivity index (χ1) is 10.1. The van der Waals surface area contributed by atoms with Gasteiger partial charge in [-0.3, -0.25) is 4.57 Å². The van der Waals surface area contributed by atoms with Crippen LogP contribution in [-0.2, 0) is 4.74 Å². The molecular formula is C12H15N5O4. The predicted octanol–water partition coefficient (Wildman–Crippen LogP) is -1.59. The van der Waals surface area contributed by atoms with E-state index in [1.807, 2.05) is 0 Å². The van der Waals surface area contributed by atoms with Crippen molar-refractivity contribution in [2.45, 2.75) is 30.5 Å². The highest BCUT2D eigenvalue weighted by Gasteiger charge is 2.68. The Morgan fingerprint density at radius 2 is 2.19 bits per heavy atom. The maximum absolute atomic E-state index is 10.3. The third-order valence-corrected chi connectivity index (χ3v) is 4.43. The van der Waals surface area contributed by atoms with E-state index in [0.717, 1.165) is 0 Å². The maximum atomic E-state index is 10.3. The van der Waals surface area contributed by atoms with Crippen molar-refractivity contribution in [3.63, 3.8) is 0 Å². The van der Waals surface area contributed by atoms with E-state index in [1.54, 1.807) is 0 Å². The van der Waals surface area contributed by atoms with Crippen LogP contribution in [0.15, 0.2) is 12.7 Å². The van der Waals surface area contributed by atoms with Crippen molar-refractivity contribution in [2.24, 2.45) is 5.92 Å². The Morgan fingerprint density at radius 1 is 1.38 bits per heavy atom. The largest absolute Gasteiger partial charge is 0.396 e. The molecule has 2 aromatic rings. The highest BCUT2D eigenvalue weighted by atomic mass is 16.6. The van der Waals surface area contributed by atoms with Gasteiger partial charge in [-0.2, -0.15) is 0 Å². The maximum Gasteiger partial charge on any atom is 0.167 e. The Hall–Kier alpha value is -1.81. The number of aliphatic hydroxyl groups excluding tert-OH is 3. The smallest absolute Gasteiger partial charge is 0.167 e. The Bertz CT molecular complexity index is 706. The van der Waals surface area contributed by atoms with Gasteiger partial charge in [0.15, 0.2) is 17.7 Å². The van der Waals surface area contributed by atoms with E-state index in [1.165, 1.54) is 17.2 Å². The number of ether oxygens (including phenoxy) is 1. The number of nitrogen functional groups attached to an aromatic ring is 1. The number of imidazole rings is 1. The first kappa shape index (κ1) is 12.9. The molecular weight excluding hydrogens is 278 g/mol. The monoisotopic (exact) mass is 293 g/mol. The molecule has 0 amide bonds. The molecule has 2 unspecified atom stereocenters. The van der Waals surface area contributed by atoms with Crippen LogP contribution in [0, 0.1) is 5.92 Å². The van der Waals surface area contributed by atoms with Gasteiger partial charge < -0.3 is 25.8 Å². The van der Waals surface area contributed by atoms with Gasteiger partial charge in [0.05, 0.1) is 6.33 Å². The molecule has 4 rings (SSSR count). The van der Waals surface area contributed by atoms with E-state index in [9.17, 15) is 15.3 Å². The van der Waals surface area contributed by atoms with Crippen LogP contribution in [-0.4, -0.2) is 59.3 Å². The number of hydrogen-bond acceptors (Lipinski definition) is 8. The van der Waals surface area contributed by atoms with Crippen molar-refractivity contribution >= 4 is 17.0 Å². The number of nitrogens with zero attached hydrogens (tertiary/aromatic N) is 4. The summed E-state index contributed by atoms with van der Waals surface area (Å²) < 4.78 is 7.37. The molecule has 0 bridgehead atoms. The zero-order chi connectivity index (χ0) is 14.8. The average Bonchev–Trinajstić information content (AvgIpc) is 2.94. The molecule has 2 aromatic heterocycles. The van der Waals surface area contributed by atoms with Crippen LogP contribution in [0.4, 0.5) is 5.82 Å². The molecule has 2 fully saturated rings. The fraction of sp³-hybridized carbons (Fsp3) is 0.583. The van der Waals surface area contributed by atoms with Crippen LogP contribution in [0.2, 0.25) is 0 Å². The predicted molar refractivity (Wildman–Crippen MR) is 69.8 cm³/mol. The molecule has 3 heterocycles. The highest BCUT2D eigenvalue weighted by Crippen LogP contribution is 2.57. The lowest BCUT2D eigenvalue weighted by Crippen LogP contribution is -2.34. The fourth-order valence-corrected chi connectivity index (χ4v) is 3.14. The number of aliphatic hydroxyl groups is 3. The first-order valence-electron chi connectivity index (χ1n) is 6.66. The van der Waals surface area contributed by atoms with Gasteiger partial charge in [-0.1, -0.05) is 0 Å². The van der Waals surface area contributed by atoms with Gasteiger partial charge in [0, 0.05) is 12.5 Å². The van der Waals surface area contributed by atoms with Crippen LogP contribution in [0.1, 0.15) is 12.6 Å². The molecule has 21 heavy (non-hydrogen) atoms. The van der Waals surface area contributed by atoms with Crippen molar-refractivity contribution in [3.8, 4) is 0 Å². The minimum atomic E-state index is -1.13. The lowest BCUT2D eigenvalue weighted by atomic mass is 10.1. The number of rotatable bonds is 2. The highest BCUT2D eigenvalue weighted by molar-refractivity contribution is 5.81. The van der Waals surface area contributed by atoms with E-state index in [2.05, 4.69) is 15.0 Å². The molecule has 9 heteroatoms. The second kappa shape index (κ2) is 4.10. The molecule has 5 N–H and O–H groups in total. The van der Waals surface area contributed by atoms with Crippen LogP contribution in [0.3, 0.4) is 0 Å². The Labute approximate surface area is 119 Å². The summed E-state index contributed by atoms with van der Waals surface area (Å²) in [4.78, 5) is 12.1. The summed E-state index contributed by atoms with van der Waals surface area (Å²) in [5, 5.41) is 29.7. The summed E-state index contributed by atoms with van der Waals surface area (Å²) >= 11 is 0. The topological polar surface area (TPSA) is 140 Å². The van der Waals surface area contributed by atoms with Crippen LogP contribution < -0.4 is 5.73 Å². The van der Waals surface area contributed by atoms with Crippen molar-refractivity contribution in [3.05, 3.63) is 12.7 Å². The van der Waals surface area contributed by atoms with Gasteiger partial charge in [0.1, 0.15) is 29.7 Å². The minimum Gasteiger partial charge on any atom is -0.396 e. The second-order valence-corrected chi connectivity index (χ2v) is 5.57. The summed E-state index contributed by atoms with van der Waals surface area (Å²) in [6.07, 6.45) is 0.257. The first-order valence-corrected chi connectivity index (χ1v) is 6.66. The summed E-state index contributed by atoms with van der Waals surface area (Å²) in [7, 11) is 0. The van der Waals surface area contributed by atoms with Crippen LogP contribution >= 0.6 is 0 Å². The quantitative estimate of drug-likeness (QED) is 0.519. The van der Waals surface area contributed by atoms with Gasteiger partial charge in [-0.05, 0) is 6.42 Å². The van der Waals surface area contributed by atoms with Crippen molar-refractivity contribution in [1.29, 1.82) is 0 Å². The second-order valence-electron chi connectivity index (χ2n) is 5.57. The van der Waals surface area contributed by atoms with Crippen LogP contribution in [0.5, 0.6) is 0 Å². The lowest BCUT2D eigenvalue weighted by Gasteiger charge is -2.16. The fourth-order valence-electron chi connectivity index (χ4n) is 3.14. The molecule has 9 nitrogen and oxygen atoms in total. The van der Waals surface area contributed by atoms with E-state index >= 15 is 0 Å². The molecule has 112 valence electrons. The Morgan fingerprint density at radius 3 is 2.90 bits per heavy atom. The van der Waals surface area contributed by atoms with Gasteiger partial charge in [-0.25, -0.2) is 15.0 Å². The number of fused-ring (bicyclic) bond motifs is 1. The standard InChI is InChI=1S/C12H15N5O4/c13-9-6-10(15-3-14-9)17(4-16-6)11-7(19)8(20)12(21-11)1-5(12)2-18/h3-5,7-8,11,18-20H,1-2H2,(H2,13,14,15)/t5-,7+,8?,11?,12+/m1/s1. The zero-order valence-electron chi connectivity index (χ0n) is 11.0. The summed E-state index contributed by atoms with van der Waals surface area (Å²) in [6, 6.07) is 0. The lowest BCUT2D eigenvalue weighted by molar-refractivity contribution is -0.0563. The van der Waals surface area contributed by atoms with E-state index in [-0.39, 0.29) is 18.3 Å². The third-order valence-electron chi connectivity index (χ3n) is 4.43. The number of aromatic nitrogens is 4. The molecule has 1 aliphatic heterocycles. The molecule has 0 radical (unpaired) electrons. The average molecular weight is 293 g/mol. The van der Waals surface area contributed by atoms with Crippen molar-refractivity contribution in [2.75, 3.05) is 12.3 Å². The van der Waals surface area contributed by atoms with Crippen molar-refractivity contribution < 1.29 is 20.1 Å². The van der Waals surface area contributed by atoms with Gasteiger partial charge in [0.2, 0.25) is 0 Å². The Kier molecular flexibility index (Phi) is 2.52. The van der Waals surface area contributed by atoms with Crippen LogP contribution in [0.25, 0.3) is 11.2 Å². The summed E-state index contributed by atoms with van der Waals surface area (Å²) in [5.74, 6) is 0.0720. The van der Waals surface area contributed by atoms with E-state index in [4.69, 9.17) is 10.5 Å². The molecule has 2 aliphatic rings. The van der Waals surface area contributed by atoms with Crippen molar-refractivity contribution in [1.82, 2.24) is 19.5 Å². The molecule has 1 aliphatic carbocycles. The summed E-state index contributed by atoms with van der Waals surface area (Å²) in [6.45, 7) is -0.0870. The van der Waals surface area contributed by atoms with E-state index < -0.39 is 24.0 Å². The number of hydrogen-bond donors (Lipinski definition) is 4. The summed E-state index contributed by atoms with van der Waals surface area (Å²) in [5.41, 5.74) is 5.69. The van der Waals surface area contributed by atoms with Gasteiger partial charge in [-0.15, -0.1) is 0 Å². The van der Waals surface area contributed by atoms with E-state index in [0.29, 0.717) is 17.6 Å². The SMILES string of the molecule is Nc1ncnc2c1ncn2C1O[C@]2(C[C@@H]2CO)C(O)[C@@H]1O. The molecule has 1 saturated heterocycles. The molecule has 0 aromatic carbocycles. The third kappa shape index (κ3) is 1.57. The zero-order valence-corrected chi connectivity index (χ0v) is 11.0.